The third-order valence-corrected chi connectivity index (χ3v) is 3.42. The minimum Gasteiger partial charge on any atom is -0.479 e. The van der Waals surface area contributed by atoms with Crippen molar-refractivity contribution in [1.29, 1.82) is 0 Å². The van der Waals surface area contributed by atoms with E-state index in [0.717, 1.165) is 0 Å². The molecule has 0 aliphatic rings. The number of aliphatic carboxylic acids is 1. The second-order valence-corrected chi connectivity index (χ2v) is 5.54. The third-order valence-electron chi connectivity index (χ3n) is 3.17. The monoisotopic (exact) mass is 338 g/mol. The predicted octanol–water partition coefficient (Wildman–Crippen LogP) is 2.21. The Morgan fingerprint density at radius 2 is 2.04 bits per heavy atom. The first kappa shape index (κ1) is 17.0. The van der Waals surface area contributed by atoms with Crippen LogP contribution in [0.5, 0.6) is 0 Å². The molecule has 0 aliphatic heterocycles. The first-order valence-corrected chi connectivity index (χ1v) is 7.01. The maximum Gasteiger partial charge on any atom is 0.331 e. The fourth-order valence-electron chi connectivity index (χ4n) is 1.89. The van der Waals surface area contributed by atoms with E-state index in [1.807, 2.05) is 0 Å². The molecule has 1 aromatic carbocycles. The number of nitrogens with one attached hydrogen (secondary N) is 1. The third kappa shape index (κ3) is 3.88. The lowest BCUT2D eigenvalue weighted by molar-refractivity contribution is -0.145. The van der Waals surface area contributed by atoms with Gasteiger partial charge in [0, 0.05) is 23.8 Å². The quantitative estimate of drug-likeness (QED) is 0.837. The van der Waals surface area contributed by atoms with Gasteiger partial charge in [0.05, 0.1) is 6.61 Å². The molecule has 8 heteroatoms. The molecule has 1 atom stereocenters. The maximum absolute atomic E-state index is 12.2. The summed E-state index contributed by atoms with van der Waals surface area (Å²) in [5.74, 6) is -1.51. The number of hydrogen-bond donors (Lipinski definition) is 2. The fourth-order valence-corrected chi connectivity index (χ4v) is 2.01. The summed E-state index contributed by atoms with van der Waals surface area (Å²) in [5.41, 5.74) is -0.900. The van der Waals surface area contributed by atoms with Gasteiger partial charge in [0.15, 0.2) is 17.0 Å². The van der Waals surface area contributed by atoms with Crippen LogP contribution in [0.2, 0.25) is 5.02 Å². The van der Waals surface area contributed by atoms with E-state index in [-0.39, 0.29) is 12.3 Å². The molecule has 1 unspecified atom stereocenters. The summed E-state index contributed by atoms with van der Waals surface area (Å²) >= 11 is 5.81. The van der Waals surface area contributed by atoms with Crippen LogP contribution in [0.4, 0.5) is 0 Å². The van der Waals surface area contributed by atoms with E-state index in [1.54, 1.807) is 24.3 Å². The van der Waals surface area contributed by atoms with Crippen LogP contribution in [0.3, 0.4) is 0 Å². The SMILES string of the molecule is COCC(C)(NC(=O)c1cc(-c2ccc(Cl)cc2)on1)C(=O)O. The van der Waals surface area contributed by atoms with Crippen LogP contribution >= 0.6 is 11.6 Å². The molecule has 0 spiro atoms. The number of ether oxygens (including phenoxy) is 1. The Morgan fingerprint density at radius 3 is 2.61 bits per heavy atom. The van der Waals surface area contributed by atoms with Gasteiger partial charge in [-0.15, -0.1) is 0 Å². The first-order chi connectivity index (χ1) is 10.9. The number of methoxy groups -OCH3 is 1. The Hall–Kier alpha value is -2.38. The van der Waals surface area contributed by atoms with Crippen molar-refractivity contribution in [2.45, 2.75) is 12.5 Å². The smallest absolute Gasteiger partial charge is 0.331 e. The van der Waals surface area contributed by atoms with E-state index in [1.165, 1.54) is 20.1 Å². The predicted molar refractivity (Wildman–Crippen MR) is 82.3 cm³/mol. The number of nitrogens with zero attached hydrogens (tertiary/aromatic N) is 1. The lowest BCUT2D eigenvalue weighted by atomic mass is 10.0. The highest BCUT2D eigenvalue weighted by atomic mass is 35.5. The van der Waals surface area contributed by atoms with Crippen LogP contribution in [0.1, 0.15) is 17.4 Å². The number of amides is 1. The second-order valence-electron chi connectivity index (χ2n) is 5.11. The second kappa shape index (κ2) is 6.80. The van der Waals surface area contributed by atoms with Crippen LogP contribution in [0, 0.1) is 0 Å². The van der Waals surface area contributed by atoms with Crippen LogP contribution in [0.25, 0.3) is 11.3 Å². The molecule has 122 valence electrons. The number of halogens is 1. The highest BCUT2D eigenvalue weighted by Gasteiger charge is 2.36. The molecule has 2 aromatic rings. The van der Waals surface area contributed by atoms with E-state index in [2.05, 4.69) is 10.5 Å². The molecule has 0 fully saturated rings. The Labute approximate surface area is 137 Å². The average molecular weight is 339 g/mol. The van der Waals surface area contributed by atoms with Gasteiger partial charge < -0.3 is 19.7 Å². The van der Waals surface area contributed by atoms with Crippen molar-refractivity contribution in [2.24, 2.45) is 0 Å². The topological polar surface area (TPSA) is 102 Å². The van der Waals surface area contributed by atoms with Crippen molar-refractivity contribution in [2.75, 3.05) is 13.7 Å². The van der Waals surface area contributed by atoms with Gasteiger partial charge in [-0.05, 0) is 31.2 Å². The molecule has 0 saturated carbocycles. The number of rotatable bonds is 6. The van der Waals surface area contributed by atoms with Crippen LogP contribution in [0.15, 0.2) is 34.9 Å². The number of carboxylic acid groups (broad SMARTS) is 1. The van der Waals surface area contributed by atoms with E-state index in [9.17, 15) is 14.7 Å². The minimum atomic E-state index is -1.56. The lowest BCUT2D eigenvalue weighted by Crippen LogP contribution is -2.55. The molecular weight excluding hydrogens is 324 g/mol. The maximum atomic E-state index is 12.2. The largest absolute Gasteiger partial charge is 0.479 e. The standard InChI is InChI=1S/C15H15ClN2O5/c1-15(8-22-2,14(20)21)17-13(19)11-7-12(23-18-11)9-3-5-10(16)6-4-9/h3-7H,8H2,1-2H3,(H,17,19)(H,20,21). The van der Waals surface area contributed by atoms with Crippen molar-refractivity contribution in [3.63, 3.8) is 0 Å². The number of benzene rings is 1. The van der Waals surface area contributed by atoms with Crippen LogP contribution in [-0.2, 0) is 9.53 Å². The molecule has 1 amide bonds. The van der Waals surface area contributed by atoms with Crippen molar-refractivity contribution in [1.82, 2.24) is 10.5 Å². The average Bonchev–Trinajstić information content (AvgIpc) is 2.98. The van der Waals surface area contributed by atoms with Crippen molar-refractivity contribution < 1.29 is 24.0 Å². The van der Waals surface area contributed by atoms with E-state index < -0.39 is 17.4 Å². The number of carboxylic acids is 1. The number of hydrogen-bond acceptors (Lipinski definition) is 5. The summed E-state index contributed by atoms with van der Waals surface area (Å²) in [4.78, 5) is 23.5. The van der Waals surface area contributed by atoms with E-state index in [0.29, 0.717) is 16.3 Å². The summed E-state index contributed by atoms with van der Waals surface area (Å²) in [5, 5.41) is 15.8. The Balaban J connectivity index is 2.18. The van der Waals surface area contributed by atoms with Crippen molar-refractivity contribution >= 4 is 23.5 Å². The molecule has 23 heavy (non-hydrogen) atoms. The Morgan fingerprint density at radius 1 is 1.39 bits per heavy atom. The van der Waals surface area contributed by atoms with Gasteiger partial charge in [-0.1, -0.05) is 16.8 Å². The van der Waals surface area contributed by atoms with Crippen LogP contribution in [-0.4, -0.2) is 41.4 Å². The summed E-state index contributed by atoms with van der Waals surface area (Å²) in [6.45, 7) is 1.16. The van der Waals surface area contributed by atoms with Gasteiger partial charge in [0.1, 0.15) is 0 Å². The summed E-state index contributed by atoms with van der Waals surface area (Å²) < 4.78 is 9.95. The molecule has 2 rings (SSSR count). The Kier molecular flexibility index (Phi) is 5.02. The van der Waals surface area contributed by atoms with Gasteiger partial charge in [-0.2, -0.15) is 0 Å². The van der Waals surface area contributed by atoms with Crippen molar-refractivity contribution in [3.05, 3.63) is 41.0 Å². The minimum absolute atomic E-state index is 0.0291. The molecule has 0 bridgehead atoms. The highest BCUT2D eigenvalue weighted by molar-refractivity contribution is 6.30. The molecule has 2 N–H and O–H groups in total. The fraction of sp³-hybridized carbons (Fsp3) is 0.267. The molecule has 0 aliphatic carbocycles. The van der Waals surface area contributed by atoms with Crippen molar-refractivity contribution in [3.8, 4) is 11.3 Å². The number of carbonyl (C=O) groups excluding carboxylic acids is 1. The summed E-state index contributed by atoms with van der Waals surface area (Å²) in [7, 11) is 1.35. The van der Waals surface area contributed by atoms with E-state index in [4.69, 9.17) is 20.9 Å². The molecule has 7 nitrogen and oxygen atoms in total. The molecule has 1 heterocycles. The Bertz CT molecular complexity index is 713. The van der Waals surface area contributed by atoms with Gasteiger partial charge in [0.2, 0.25) is 0 Å². The summed E-state index contributed by atoms with van der Waals surface area (Å²) in [6, 6.07) is 8.22. The summed E-state index contributed by atoms with van der Waals surface area (Å²) in [6.07, 6.45) is 0. The first-order valence-electron chi connectivity index (χ1n) is 6.63. The molecular formula is C15H15ClN2O5. The molecule has 1 aromatic heterocycles. The zero-order chi connectivity index (χ0) is 17.0. The molecule has 0 radical (unpaired) electrons. The van der Waals surface area contributed by atoms with E-state index >= 15 is 0 Å². The van der Waals surface area contributed by atoms with Gasteiger partial charge in [-0.3, -0.25) is 4.79 Å². The zero-order valence-corrected chi connectivity index (χ0v) is 13.3. The van der Waals surface area contributed by atoms with Gasteiger partial charge >= 0.3 is 5.97 Å². The lowest BCUT2D eigenvalue weighted by Gasteiger charge is -2.24. The number of carbonyl (C=O) groups is 2. The van der Waals surface area contributed by atoms with Crippen LogP contribution < -0.4 is 5.32 Å². The van der Waals surface area contributed by atoms with Gasteiger partial charge in [0.25, 0.3) is 5.91 Å². The number of aromatic nitrogens is 1. The zero-order valence-electron chi connectivity index (χ0n) is 12.5. The highest BCUT2D eigenvalue weighted by Crippen LogP contribution is 2.22. The molecule has 0 saturated heterocycles. The normalized spacial score (nSPS) is 13.3. The van der Waals surface area contributed by atoms with Gasteiger partial charge in [-0.25, -0.2) is 4.79 Å².